The molecule has 0 aliphatic carbocycles. The van der Waals surface area contributed by atoms with Crippen LogP contribution in [0, 0.1) is 0 Å². The Morgan fingerprint density at radius 2 is 0.897 bits per heavy atom. The second kappa shape index (κ2) is 13.2. The third kappa shape index (κ3) is 8.22. The Labute approximate surface area is 195 Å². The van der Waals surface area contributed by atoms with Crippen molar-refractivity contribution in [1.29, 1.82) is 0 Å². The summed E-state index contributed by atoms with van der Waals surface area (Å²) < 4.78 is 0. The molecule has 3 rings (SSSR count). The van der Waals surface area contributed by atoms with Crippen LogP contribution in [0.4, 0.5) is 0 Å². The molecule has 0 nitrogen and oxygen atoms in total. The van der Waals surface area contributed by atoms with Crippen molar-refractivity contribution in [2.45, 2.75) is 51.1 Å². The van der Waals surface area contributed by atoms with Gasteiger partial charge in [-0.15, -0.1) is 0 Å². The molecule has 0 aliphatic heterocycles. The number of halogens is 1. The minimum atomic E-state index is -1.20. The van der Waals surface area contributed by atoms with Crippen molar-refractivity contribution >= 4 is 7.26 Å². The summed E-state index contributed by atoms with van der Waals surface area (Å²) in [5.41, 5.74) is 4.54. The molecule has 0 saturated heterocycles. The maximum absolute atomic E-state index is 2.33. The van der Waals surface area contributed by atoms with E-state index in [2.05, 4.69) is 97.9 Å². The maximum Gasteiger partial charge on any atom is 0.0849 e. The van der Waals surface area contributed by atoms with E-state index in [0.717, 1.165) is 0 Å². The molecule has 0 saturated carbocycles. The fraction of sp³-hybridized carbons (Fsp3) is 0.333. The first-order chi connectivity index (χ1) is 13.8. The first-order valence-electron chi connectivity index (χ1n) is 10.8. The van der Waals surface area contributed by atoms with Gasteiger partial charge in [-0.3, -0.25) is 0 Å². The zero-order valence-electron chi connectivity index (χ0n) is 17.6. The van der Waals surface area contributed by atoms with E-state index in [-0.39, 0.29) is 24.0 Å². The summed E-state index contributed by atoms with van der Waals surface area (Å²) in [6, 6.07) is 33.6. The molecular formula is C27H34IP. The zero-order chi connectivity index (χ0) is 19.5. The van der Waals surface area contributed by atoms with Crippen molar-refractivity contribution in [2.75, 3.05) is 6.16 Å². The molecule has 0 aromatic heterocycles. The Morgan fingerprint density at radius 3 is 1.24 bits per heavy atom. The quantitative estimate of drug-likeness (QED) is 0.187. The second-order valence-corrected chi connectivity index (χ2v) is 12.1. The maximum atomic E-state index is 2.33. The normalized spacial score (nSPS) is 11.1. The highest BCUT2D eigenvalue weighted by Gasteiger charge is 2.37. The second-order valence-electron chi connectivity index (χ2n) is 8.06. The fourth-order valence-electron chi connectivity index (χ4n) is 4.19. The Kier molecular flexibility index (Phi) is 11.0. The smallest absolute Gasteiger partial charge is 0.0849 e. The van der Waals surface area contributed by atoms with Gasteiger partial charge in [0.1, 0.15) is 0 Å². The third-order valence-corrected chi connectivity index (χ3v) is 9.94. The minimum absolute atomic E-state index is 0. The van der Waals surface area contributed by atoms with Crippen LogP contribution in [0.25, 0.3) is 0 Å². The van der Waals surface area contributed by atoms with Gasteiger partial charge in [0.25, 0.3) is 0 Å². The molecule has 0 radical (unpaired) electrons. The molecule has 0 heterocycles. The summed E-state index contributed by atoms with van der Waals surface area (Å²) in [4.78, 5) is 0. The number of unbranched alkanes of at least 4 members (excludes halogenated alkanes) is 3. The molecule has 0 amide bonds. The lowest BCUT2D eigenvalue weighted by atomic mass is 10.2. The standard InChI is InChI=1S/C27H34P.HI/c1-2-3-4-14-21-28(22-25-15-8-5-9-16-25,23-26-17-10-6-11-18-26)24-27-19-12-7-13-20-27;/h5-13,15-20H,2-4,14,21-24H2,1H3;1H/q+1;/p-1. The Morgan fingerprint density at radius 1 is 0.517 bits per heavy atom. The summed E-state index contributed by atoms with van der Waals surface area (Å²) in [5.74, 6) is 0. The van der Waals surface area contributed by atoms with E-state index in [9.17, 15) is 0 Å². The molecule has 3 aromatic rings. The van der Waals surface area contributed by atoms with Gasteiger partial charge in [0.15, 0.2) is 0 Å². The van der Waals surface area contributed by atoms with Crippen LogP contribution in [0.1, 0.15) is 49.3 Å². The summed E-state index contributed by atoms with van der Waals surface area (Å²) in [6.45, 7) is 2.31. The van der Waals surface area contributed by atoms with Crippen LogP contribution in [0.3, 0.4) is 0 Å². The Balaban J connectivity index is 0.00000300. The lowest BCUT2D eigenvalue weighted by molar-refractivity contribution is -0.00000596. The van der Waals surface area contributed by atoms with Gasteiger partial charge in [-0.25, -0.2) is 0 Å². The number of hydrogen-bond donors (Lipinski definition) is 0. The molecule has 0 spiro atoms. The SMILES string of the molecule is CCCCCC[P+](Cc1ccccc1)(Cc1ccccc1)Cc1ccccc1.[I-]. The summed E-state index contributed by atoms with van der Waals surface area (Å²) in [5, 5.41) is 0. The highest BCUT2D eigenvalue weighted by molar-refractivity contribution is 7.73. The zero-order valence-corrected chi connectivity index (χ0v) is 20.7. The number of hydrogen-bond acceptors (Lipinski definition) is 0. The van der Waals surface area contributed by atoms with Crippen LogP contribution in [0.5, 0.6) is 0 Å². The molecule has 0 fully saturated rings. The molecule has 2 heteroatoms. The van der Waals surface area contributed by atoms with Crippen LogP contribution in [-0.2, 0) is 18.5 Å². The largest absolute Gasteiger partial charge is 1.00 e. The topological polar surface area (TPSA) is 0 Å². The van der Waals surface area contributed by atoms with E-state index in [0.29, 0.717) is 0 Å². The van der Waals surface area contributed by atoms with Crippen molar-refractivity contribution < 1.29 is 24.0 Å². The van der Waals surface area contributed by atoms with Crippen molar-refractivity contribution in [2.24, 2.45) is 0 Å². The van der Waals surface area contributed by atoms with E-state index >= 15 is 0 Å². The third-order valence-electron chi connectivity index (χ3n) is 5.57. The van der Waals surface area contributed by atoms with Gasteiger partial charge in [-0.1, -0.05) is 111 Å². The van der Waals surface area contributed by atoms with E-state index in [1.165, 1.54) is 67.0 Å². The highest BCUT2D eigenvalue weighted by Crippen LogP contribution is 2.67. The summed E-state index contributed by atoms with van der Waals surface area (Å²) in [6.07, 6.45) is 10.6. The van der Waals surface area contributed by atoms with E-state index < -0.39 is 7.26 Å². The van der Waals surface area contributed by atoms with Gasteiger partial charge in [0, 0.05) is 7.26 Å². The highest BCUT2D eigenvalue weighted by atomic mass is 127. The summed E-state index contributed by atoms with van der Waals surface area (Å²) >= 11 is 0. The molecular weight excluding hydrogens is 482 g/mol. The number of rotatable bonds is 11. The average Bonchev–Trinajstić information content (AvgIpc) is 2.73. The molecule has 0 unspecified atom stereocenters. The lowest BCUT2D eigenvalue weighted by Crippen LogP contribution is -3.00. The van der Waals surface area contributed by atoms with Crippen LogP contribution in [0.2, 0.25) is 0 Å². The van der Waals surface area contributed by atoms with E-state index in [1.807, 2.05) is 0 Å². The lowest BCUT2D eigenvalue weighted by Gasteiger charge is -2.29. The van der Waals surface area contributed by atoms with Crippen molar-refractivity contribution in [3.05, 3.63) is 108 Å². The van der Waals surface area contributed by atoms with Crippen LogP contribution in [-0.4, -0.2) is 6.16 Å². The number of benzene rings is 3. The average molecular weight is 516 g/mol. The molecule has 154 valence electrons. The van der Waals surface area contributed by atoms with Crippen LogP contribution < -0.4 is 24.0 Å². The van der Waals surface area contributed by atoms with Crippen molar-refractivity contribution in [3.8, 4) is 0 Å². The molecule has 0 aliphatic rings. The predicted octanol–water partition coefficient (Wildman–Crippen LogP) is 5.19. The molecule has 3 aromatic carbocycles. The summed E-state index contributed by atoms with van der Waals surface area (Å²) in [7, 11) is -1.20. The monoisotopic (exact) mass is 516 g/mol. The molecule has 0 atom stereocenters. The van der Waals surface area contributed by atoms with Crippen LogP contribution in [0.15, 0.2) is 91.0 Å². The molecule has 0 N–H and O–H groups in total. The van der Waals surface area contributed by atoms with Crippen molar-refractivity contribution in [1.82, 2.24) is 0 Å². The Bertz CT molecular complexity index is 685. The minimum Gasteiger partial charge on any atom is -1.00 e. The van der Waals surface area contributed by atoms with Gasteiger partial charge in [-0.05, 0) is 29.5 Å². The van der Waals surface area contributed by atoms with E-state index in [1.54, 1.807) is 0 Å². The predicted molar refractivity (Wildman–Crippen MR) is 126 cm³/mol. The molecule has 29 heavy (non-hydrogen) atoms. The fourth-order valence-corrected chi connectivity index (χ4v) is 8.85. The first-order valence-corrected chi connectivity index (χ1v) is 13.3. The van der Waals surface area contributed by atoms with Crippen molar-refractivity contribution in [3.63, 3.8) is 0 Å². The van der Waals surface area contributed by atoms with E-state index in [4.69, 9.17) is 0 Å². The van der Waals surface area contributed by atoms with Gasteiger partial charge >= 0.3 is 0 Å². The first kappa shape index (κ1) is 24.1. The Hall–Kier alpha value is -1.18. The van der Waals surface area contributed by atoms with Gasteiger partial charge in [0.05, 0.1) is 24.6 Å². The van der Waals surface area contributed by atoms with Gasteiger partial charge < -0.3 is 24.0 Å². The van der Waals surface area contributed by atoms with Crippen LogP contribution >= 0.6 is 7.26 Å². The van der Waals surface area contributed by atoms with Gasteiger partial charge in [-0.2, -0.15) is 0 Å². The van der Waals surface area contributed by atoms with Gasteiger partial charge in [0.2, 0.25) is 0 Å². The molecule has 0 bridgehead atoms.